The maximum Gasteiger partial charge on any atom is 0.414 e. The van der Waals surface area contributed by atoms with E-state index in [0.29, 0.717) is 5.92 Å². The molecule has 2 bridgehead atoms. The van der Waals surface area contributed by atoms with Gasteiger partial charge in [-0.15, -0.1) is 0 Å². The summed E-state index contributed by atoms with van der Waals surface area (Å²) in [7, 11) is 0. The molecular weight excluding hydrogens is 278 g/mol. The van der Waals surface area contributed by atoms with E-state index in [-0.39, 0.29) is 5.41 Å². The van der Waals surface area contributed by atoms with Gasteiger partial charge in [0, 0.05) is 19.0 Å². The van der Waals surface area contributed by atoms with Crippen LogP contribution in [-0.2, 0) is 15.0 Å². The quantitative estimate of drug-likeness (QED) is 0.755. The van der Waals surface area contributed by atoms with Crippen LogP contribution in [0.3, 0.4) is 0 Å². The molecule has 0 spiro atoms. The monoisotopic (exact) mass is 295 g/mol. The molecule has 5 rings (SSSR count). The zero-order valence-corrected chi connectivity index (χ0v) is 11.5. The van der Waals surface area contributed by atoms with Gasteiger partial charge in [0.15, 0.2) is 5.82 Å². The molecule has 3 aliphatic heterocycles. The summed E-state index contributed by atoms with van der Waals surface area (Å²) in [6.07, 6.45) is 5.01. The highest BCUT2D eigenvalue weighted by Crippen LogP contribution is 2.44. The van der Waals surface area contributed by atoms with E-state index in [9.17, 15) is 0 Å². The second-order valence-electron chi connectivity index (χ2n) is 5.94. The average Bonchev–Trinajstić information content (AvgIpc) is 3.16. The number of hydrogen-bond donors (Lipinski definition) is 2. The molecule has 8 nitrogen and oxygen atoms in total. The SMILES string of the molecule is C1CN2CC(c3nc(C4CC4)no3)(C1)C2.O=C(O)C(=O)O. The third-order valence-corrected chi connectivity index (χ3v) is 4.20. The van der Waals surface area contributed by atoms with Gasteiger partial charge in [-0.25, -0.2) is 9.59 Å². The summed E-state index contributed by atoms with van der Waals surface area (Å²) in [6, 6.07) is 0. The van der Waals surface area contributed by atoms with Gasteiger partial charge in [0.25, 0.3) is 0 Å². The maximum absolute atomic E-state index is 9.10. The zero-order valence-electron chi connectivity index (χ0n) is 11.5. The number of carbonyl (C=O) groups is 2. The third kappa shape index (κ3) is 2.76. The summed E-state index contributed by atoms with van der Waals surface area (Å²) in [5, 5.41) is 18.9. The standard InChI is InChI=1S/C11H15N3O.C2H2O4/c1-4-11(6-14(5-1)7-11)10-12-9(13-15-10)8-2-3-8;3-1(4)2(5)6/h8H,1-7H2;(H,3,4)(H,5,6). The van der Waals surface area contributed by atoms with Crippen LogP contribution in [0, 0.1) is 0 Å². The molecule has 0 amide bonds. The van der Waals surface area contributed by atoms with Crippen LogP contribution in [0.15, 0.2) is 4.52 Å². The van der Waals surface area contributed by atoms with Crippen LogP contribution in [0.1, 0.15) is 43.3 Å². The Kier molecular flexibility index (Phi) is 3.40. The Morgan fingerprint density at radius 3 is 2.38 bits per heavy atom. The minimum atomic E-state index is -1.82. The van der Waals surface area contributed by atoms with Gasteiger partial charge in [-0.1, -0.05) is 5.16 Å². The van der Waals surface area contributed by atoms with E-state index in [0.717, 1.165) is 24.8 Å². The molecular formula is C13H17N3O5. The molecule has 0 atom stereocenters. The number of piperidine rings is 2. The van der Waals surface area contributed by atoms with Crippen molar-refractivity contribution in [2.45, 2.75) is 37.0 Å². The molecule has 1 aliphatic carbocycles. The molecule has 2 N–H and O–H groups in total. The Morgan fingerprint density at radius 1 is 1.24 bits per heavy atom. The van der Waals surface area contributed by atoms with Crippen molar-refractivity contribution in [2.24, 2.45) is 0 Å². The molecule has 21 heavy (non-hydrogen) atoms. The average molecular weight is 295 g/mol. The minimum Gasteiger partial charge on any atom is -0.473 e. The Hall–Kier alpha value is -1.96. The predicted molar refractivity (Wildman–Crippen MR) is 68.9 cm³/mol. The van der Waals surface area contributed by atoms with Crippen molar-refractivity contribution in [3.05, 3.63) is 11.7 Å². The fraction of sp³-hybridized carbons (Fsp3) is 0.692. The van der Waals surface area contributed by atoms with E-state index in [1.807, 2.05) is 0 Å². The number of rotatable bonds is 2. The lowest BCUT2D eigenvalue weighted by atomic mass is 9.72. The number of aliphatic carboxylic acids is 2. The first-order chi connectivity index (χ1) is 10.00. The van der Waals surface area contributed by atoms with E-state index in [2.05, 4.69) is 15.0 Å². The highest BCUT2D eigenvalue weighted by Gasteiger charge is 2.51. The van der Waals surface area contributed by atoms with Gasteiger partial charge in [0.2, 0.25) is 5.89 Å². The fourth-order valence-corrected chi connectivity index (χ4v) is 2.97. The Morgan fingerprint density at radius 2 is 1.90 bits per heavy atom. The molecule has 1 aromatic heterocycles. The minimum absolute atomic E-state index is 0.235. The van der Waals surface area contributed by atoms with Crippen LogP contribution in [0.2, 0.25) is 0 Å². The first kappa shape index (κ1) is 14.0. The van der Waals surface area contributed by atoms with Crippen LogP contribution < -0.4 is 0 Å². The number of carboxylic acid groups (broad SMARTS) is 2. The van der Waals surface area contributed by atoms with Crippen LogP contribution >= 0.6 is 0 Å². The van der Waals surface area contributed by atoms with Crippen molar-refractivity contribution in [2.75, 3.05) is 19.6 Å². The Labute approximate surface area is 120 Å². The van der Waals surface area contributed by atoms with E-state index in [4.69, 9.17) is 24.3 Å². The summed E-state index contributed by atoms with van der Waals surface area (Å²) in [4.78, 5) is 25.3. The molecule has 3 saturated heterocycles. The summed E-state index contributed by atoms with van der Waals surface area (Å²) >= 11 is 0. The molecule has 8 heteroatoms. The third-order valence-electron chi connectivity index (χ3n) is 4.20. The van der Waals surface area contributed by atoms with Crippen molar-refractivity contribution in [1.29, 1.82) is 0 Å². The van der Waals surface area contributed by atoms with Crippen molar-refractivity contribution in [3.63, 3.8) is 0 Å². The summed E-state index contributed by atoms with van der Waals surface area (Å²) in [5.74, 6) is -1.16. The predicted octanol–water partition coefficient (Wildman–Crippen LogP) is 0.450. The van der Waals surface area contributed by atoms with E-state index >= 15 is 0 Å². The van der Waals surface area contributed by atoms with E-state index in [1.165, 1.54) is 32.2 Å². The highest BCUT2D eigenvalue weighted by atomic mass is 16.5. The van der Waals surface area contributed by atoms with Gasteiger partial charge in [-0.3, -0.25) is 0 Å². The second-order valence-corrected chi connectivity index (χ2v) is 5.94. The van der Waals surface area contributed by atoms with Crippen molar-refractivity contribution in [1.82, 2.24) is 15.0 Å². The normalized spacial score (nSPS) is 29.8. The molecule has 1 saturated carbocycles. The van der Waals surface area contributed by atoms with Crippen LogP contribution in [-0.4, -0.2) is 56.8 Å². The largest absolute Gasteiger partial charge is 0.473 e. The number of aromatic nitrogens is 2. The van der Waals surface area contributed by atoms with Crippen molar-refractivity contribution >= 4 is 11.9 Å². The lowest BCUT2D eigenvalue weighted by molar-refractivity contribution is -0.159. The first-order valence-electron chi connectivity index (χ1n) is 7.03. The summed E-state index contributed by atoms with van der Waals surface area (Å²) in [5.41, 5.74) is 0.235. The lowest BCUT2D eigenvalue weighted by Gasteiger charge is -2.52. The smallest absolute Gasteiger partial charge is 0.414 e. The van der Waals surface area contributed by atoms with Crippen molar-refractivity contribution in [3.8, 4) is 0 Å². The van der Waals surface area contributed by atoms with Gasteiger partial charge in [-0.2, -0.15) is 4.98 Å². The molecule has 0 radical (unpaired) electrons. The summed E-state index contributed by atoms with van der Waals surface area (Å²) < 4.78 is 5.46. The van der Waals surface area contributed by atoms with Crippen LogP contribution in [0.25, 0.3) is 0 Å². The number of nitrogens with zero attached hydrogens (tertiary/aromatic N) is 3. The van der Waals surface area contributed by atoms with Crippen LogP contribution in [0.4, 0.5) is 0 Å². The van der Waals surface area contributed by atoms with Gasteiger partial charge in [-0.05, 0) is 32.2 Å². The molecule has 4 aliphatic rings. The molecule has 0 unspecified atom stereocenters. The van der Waals surface area contributed by atoms with E-state index in [1.54, 1.807) is 0 Å². The highest BCUT2D eigenvalue weighted by molar-refractivity contribution is 6.27. The molecule has 1 aromatic rings. The topological polar surface area (TPSA) is 117 Å². The molecule has 4 fully saturated rings. The maximum atomic E-state index is 9.10. The van der Waals surface area contributed by atoms with E-state index < -0.39 is 11.9 Å². The number of carboxylic acids is 2. The van der Waals surface area contributed by atoms with Gasteiger partial charge in [0.05, 0.1) is 5.41 Å². The second kappa shape index (κ2) is 5.10. The first-order valence-corrected chi connectivity index (χ1v) is 7.03. The van der Waals surface area contributed by atoms with Gasteiger partial charge in [0.1, 0.15) is 0 Å². The fourth-order valence-electron chi connectivity index (χ4n) is 2.97. The molecule has 114 valence electrons. The Balaban J connectivity index is 0.000000192. The Bertz CT molecular complexity index is 542. The zero-order chi connectivity index (χ0) is 15.0. The van der Waals surface area contributed by atoms with Crippen LogP contribution in [0.5, 0.6) is 0 Å². The summed E-state index contributed by atoms with van der Waals surface area (Å²) in [6.45, 7) is 3.53. The number of fused-ring (bicyclic) bond motifs is 2. The lowest BCUT2D eigenvalue weighted by Crippen LogP contribution is -2.63. The van der Waals surface area contributed by atoms with Crippen molar-refractivity contribution < 1.29 is 24.3 Å². The van der Waals surface area contributed by atoms with Gasteiger partial charge >= 0.3 is 11.9 Å². The number of hydrogen-bond acceptors (Lipinski definition) is 6. The molecule has 4 heterocycles. The molecule has 0 aromatic carbocycles. The van der Waals surface area contributed by atoms with Gasteiger partial charge < -0.3 is 19.6 Å².